The van der Waals surface area contributed by atoms with Crippen LogP contribution < -0.4 is 5.32 Å². The van der Waals surface area contributed by atoms with Gasteiger partial charge in [0, 0.05) is 39.4 Å². The first-order chi connectivity index (χ1) is 8.17. The highest BCUT2D eigenvalue weighted by Crippen LogP contribution is 2.30. The molecule has 1 heterocycles. The van der Waals surface area contributed by atoms with E-state index in [0.29, 0.717) is 0 Å². The van der Waals surface area contributed by atoms with Crippen LogP contribution in [0, 0.1) is 5.92 Å². The van der Waals surface area contributed by atoms with Gasteiger partial charge in [-0.15, -0.1) is 0 Å². The van der Waals surface area contributed by atoms with Crippen molar-refractivity contribution in [1.29, 1.82) is 0 Å². The quantitative estimate of drug-likeness (QED) is 0.819. The first kappa shape index (κ1) is 14.8. The van der Waals surface area contributed by atoms with Crippen LogP contribution in [0.1, 0.15) is 26.7 Å². The molecule has 2 atom stereocenters. The maximum Gasteiger partial charge on any atom is 0.389 e. The maximum absolute atomic E-state index is 12.4. The van der Waals surface area contributed by atoms with Crippen molar-refractivity contribution >= 4 is 11.8 Å². The Morgan fingerprint density at radius 3 is 2.33 bits per heavy atom. The lowest BCUT2D eigenvalue weighted by Crippen LogP contribution is -2.52. The van der Waals surface area contributed by atoms with Gasteiger partial charge in [0.25, 0.3) is 0 Å². The second kappa shape index (κ2) is 5.58. The van der Waals surface area contributed by atoms with E-state index in [1.165, 1.54) is 18.7 Å². The van der Waals surface area contributed by atoms with Crippen molar-refractivity contribution in [3.63, 3.8) is 0 Å². The van der Waals surface area contributed by atoms with Crippen LogP contribution in [-0.4, -0.2) is 42.0 Å². The number of alkyl halides is 3. The number of carbonyl (C=O) groups is 2. The van der Waals surface area contributed by atoms with Crippen molar-refractivity contribution < 1.29 is 22.8 Å². The fraction of sp³-hybridized carbons (Fsp3) is 0.818. The molecule has 1 fully saturated rings. The Bertz CT molecular complexity index is 331. The van der Waals surface area contributed by atoms with Gasteiger partial charge in [0.1, 0.15) is 0 Å². The zero-order valence-corrected chi connectivity index (χ0v) is 10.4. The molecule has 0 bridgehead atoms. The normalized spacial score (nSPS) is 24.8. The molecule has 0 aromatic heterocycles. The lowest BCUT2D eigenvalue weighted by molar-refractivity contribution is -0.153. The third kappa shape index (κ3) is 4.93. The zero-order chi connectivity index (χ0) is 13.9. The molecule has 0 aromatic carbocycles. The summed E-state index contributed by atoms with van der Waals surface area (Å²) in [5, 5.41) is 2.58. The van der Waals surface area contributed by atoms with E-state index in [9.17, 15) is 22.8 Å². The van der Waals surface area contributed by atoms with Crippen molar-refractivity contribution in [2.24, 2.45) is 5.92 Å². The van der Waals surface area contributed by atoms with Gasteiger partial charge in [0.05, 0.1) is 0 Å². The molecule has 0 radical (unpaired) electrons. The van der Waals surface area contributed by atoms with E-state index in [2.05, 4.69) is 5.32 Å². The summed E-state index contributed by atoms with van der Waals surface area (Å²) in [7, 11) is 0. The fourth-order valence-corrected chi connectivity index (χ4v) is 2.33. The average molecular weight is 266 g/mol. The highest BCUT2D eigenvalue weighted by Gasteiger charge is 2.37. The molecular weight excluding hydrogens is 249 g/mol. The van der Waals surface area contributed by atoms with Gasteiger partial charge in [0.15, 0.2) is 0 Å². The summed E-state index contributed by atoms with van der Waals surface area (Å²) in [6, 6.07) is -0.396. The van der Waals surface area contributed by atoms with E-state index in [1.54, 1.807) is 0 Å². The van der Waals surface area contributed by atoms with E-state index in [-0.39, 0.29) is 31.3 Å². The van der Waals surface area contributed by atoms with E-state index in [1.807, 2.05) is 0 Å². The first-order valence-corrected chi connectivity index (χ1v) is 5.76. The van der Waals surface area contributed by atoms with E-state index in [4.69, 9.17) is 0 Å². The molecule has 0 aromatic rings. The number of hydrogen-bond acceptors (Lipinski definition) is 2. The van der Waals surface area contributed by atoms with Crippen LogP contribution in [0.3, 0.4) is 0 Å². The van der Waals surface area contributed by atoms with Crippen molar-refractivity contribution in [1.82, 2.24) is 10.2 Å². The molecule has 2 amide bonds. The topological polar surface area (TPSA) is 49.4 Å². The number of nitrogens with zero attached hydrogens (tertiary/aromatic N) is 1. The minimum absolute atomic E-state index is 0.102. The van der Waals surface area contributed by atoms with Crippen LogP contribution in [0.4, 0.5) is 13.2 Å². The number of rotatable bonds is 2. The van der Waals surface area contributed by atoms with E-state index < -0.39 is 24.6 Å². The fourth-order valence-electron chi connectivity index (χ4n) is 2.33. The molecule has 0 saturated carbocycles. The van der Waals surface area contributed by atoms with Gasteiger partial charge in [-0.3, -0.25) is 9.59 Å². The van der Waals surface area contributed by atoms with Crippen LogP contribution in [0.15, 0.2) is 0 Å². The minimum atomic E-state index is -4.24. The number of likely N-dealkylation sites (tertiary alicyclic amines) is 1. The lowest BCUT2D eigenvalue weighted by Gasteiger charge is -2.37. The van der Waals surface area contributed by atoms with Gasteiger partial charge in [-0.1, -0.05) is 0 Å². The number of carbonyl (C=O) groups excluding carboxylic acids is 2. The number of hydrogen-bond donors (Lipinski definition) is 1. The van der Waals surface area contributed by atoms with Gasteiger partial charge >= 0.3 is 6.18 Å². The highest BCUT2D eigenvalue weighted by atomic mass is 19.4. The predicted molar refractivity (Wildman–Crippen MR) is 58.6 cm³/mol. The molecule has 18 heavy (non-hydrogen) atoms. The molecular formula is C11H17F3N2O2. The Labute approximate surface area is 104 Å². The molecule has 2 unspecified atom stereocenters. The summed E-state index contributed by atoms with van der Waals surface area (Å²) in [5.41, 5.74) is 0. The van der Waals surface area contributed by atoms with Gasteiger partial charge in [-0.05, 0) is 12.3 Å². The van der Waals surface area contributed by atoms with Crippen molar-refractivity contribution in [3.8, 4) is 0 Å². The summed E-state index contributed by atoms with van der Waals surface area (Å²) in [4.78, 5) is 23.6. The molecule has 7 heteroatoms. The third-order valence-electron chi connectivity index (χ3n) is 2.91. The summed E-state index contributed by atoms with van der Waals surface area (Å²) in [6.07, 6.45) is -4.92. The van der Waals surface area contributed by atoms with Gasteiger partial charge in [-0.2, -0.15) is 13.2 Å². The number of nitrogens with one attached hydrogen (secondary N) is 1. The largest absolute Gasteiger partial charge is 0.389 e. The Balaban J connectivity index is 2.68. The summed E-state index contributed by atoms with van der Waals surface area (Å²) < 4.78 is 37.1. The SMILES string of the molecule is CC(=O)NC1CC(CC(F)(F)F)CN(C(C)=O)C1. The molecule has 1 rings (SSSR count). The molecule has 0 spiro atoms. The maximum atomic E-state index is 12.4. The van der Waals surface area contributed by atoms with Crippen LogP contribution in [0.2, 0.25) is 0 Å². The molecule has 4 nitrogen and oxygen atoms in total. The van der Waals surface area contributed by atoms with E-state index >= 15 is 0 Å². The van der Waals surface area contributed by atoms with Gasteiger partial charge < -0.3 is 10.2 Å². The second-order valence-electron chi connectivity index (χ2n) is 4.74. The minimum Gasteiger partial charge on any atom is -0.352 e. The van der Waals surface area contributed by atoms with E-state index in [0.717, 1.165) is 0 Å². The zero-order valence-electron chi connectivity index (χ0n) is 10.4. The van der Waals surface area contributed by atoms with Crippen LogP contribution in [0.25, 0.3) is 0 Å². The van der Waals surface area contributed by atoms with Crippen molar-refractivity contribution in [2.45, 2.75) is 38.9 Å². The lowest BCUT2D eigenvalue weighted by atomic mass is 9.91. The van der Waals surface area contributed by atoms with Gasteiger partial charge in [-0.25, -0.2) is 0 Å². The molecule has 1 N–H and O–H groups in total. The number of amides is 2. The molecule has 1 aliphatic rings. The van der Waals surface area contributed by atoms with Crippen LogP contribution in [-0.2, 0) is 9.59 Å². The Kier molecular flexibility index (Phi) is 4.59. The predicted octanol–water partition coefficient (Wildman–Crippen LogP) is 1.31. The Morgan fingerprint density at radius 2 is 1.89 bits per heavy atom. The second-order valence-corrected chi connectivity index (χ2v) is 4.74. The van der Waals surface area contributed by atoms with Crippen molar-refractivity contribution in [2.75, 3.05) is 13.1 Å². The standard InChI is InChI=1S/C11H17F3N2O2/c1-7(17)15-10-3-9(4-11(12,13)14)5-16(6-10)8(2)18/h9-10H,3-6H2,1-2H3,(H,15,17). The molecule has 1 saturated heterocycles. The third-order valence-corrected chi connectivity index (χ3v) is 2.91. The summed E-state index contributed by atoms with van der Waals surface area (Å²) in [6.45, 7) is 3.01. The van der Waals surface area contributed by atoms with Crippen LogP contribution >= 0.6 is 0 Å². The first-order valence-electron chi connectivity index (χ1n) is 5.76. The highest BCUT2D eigenvalue weighted by molar-refractivity contribution is 5.74. The summed E-state index contributed by atoms with van der Waals surface area (Å²) >= 11 is 0. The van der Waals surface area contributed by atoms with Crippen molar-refractivity contribution in [3.05, 3.63) is 0 Å². The molecule has 104 valence electrons. The van der Waals surface area contributed by atoms with Gasteiger partial charge in [0.2, 0.25) is 11.8 Å². The monoisotopic (exact) mass is 266 g/mol. The van der Waals surface area contributed by atoms with Crippen LogP contribution in [0.5, 0.6) is 0 Å². The average Bonchev–Trinajstić information content (AvgIpc) is 2.12. The number of piperidine rings is 1. The smallest absolute Gasteiger partial charge is 0.352 e. The Hall–Kier alpha value is -1.27. The Morgan fingerprint density at radius 1 is 1.28 bits per heavy atom. The molecule has 0 aliphatic carbocycles. The number of halogens is 3. The molecule has 1 aliphatic heterocycles. The summed E-state index contributed by atoms with van der Waals surface area (Å²) in [5.74, 6) is -1.21.